The van der Waals surface area contributed by atoms with Crippen LogP contribution in [-0.2, 0) is 0 Å². The second kappa shape index (κ2) is 7.12. The van der Waals surface area contributed by atoms with Gasteiger partial charge in [-0.05, 0) is 65.1 Å². The average molecular weight is 492 g/mol. The highest BCUT2D eigenvalue weighted by atomic mass is 32.1. The Hall–Kier alpha value is -4.34. The van der Waals surface area contributed by atoms with Gasteiger partial charge in [0.15, 0.2) is 0 Å². The number of para-hydroxylation sites is 1. The number of rotatable bonds is 2. The molecule has 0 fully saturated rings. The predicted molar refractivity (Wildman–Crippen MR) is 156 cm³/mol. The third-order valence-corrected chi connectivity index (χ3v) is 9.28. The number of hydrogen-bond acceptors (Lipinski definition) is 2. The van der Waals surface area contributed by atoms with Crippen molar-refractivity contribution in [2.75, 3.05) is 0 Å². The van der Waals surface area contributed by atoms with Gasteiger partial charge in [0.2, 0.25) is 0 Å². The lowest BCUT2D eigenvalue weighted by molar-refractivity contribution is 0.669. The normalized spacial score (nSPS) is 16.3. The molecule has 0 saturated carbocycles. The van der Waals surface area contributed by atoms with Gasteiger partial charge < -0.3 is 8.98 Å². The minimum absolute atomic E-state index is 0.373. The van der Waals surface area contributed by atoms with E-state index in [4.69, 9.17) is 4.42 Å². The Morgan fingerprint density at radius 2 is 1.54 bits per heavy atom. The van der Waals surface area contributed by atoms with Crippen LogP contribution in [0.3, 0.4) is 0 Å². The van der Waals surface area contributed by atoms with Crippen molar-refractivity contribution >= 4 is 60.0 Å². The molecule has 3 heteroatoms. The Morgan fingerprint density at radius 3 is 2.49 bits per heavy atom. The zero-order chi connectivity index (χ0) is 24.1. The highest BCUT2D eigenvalue weighted by molar-refractivity contribution is 7.22. The number of nitrogens with zero attached hydrogens (tertiary/aromatic N) is 1. The molecule has 0 N–H and O–H groups in total. The molecule has 2 nitrogen and oxygen atoms in total. The zero-order valence-corrected chi connectivity index (χ0v) is 20.8. The summed E-state index contributed by atoms with van der Waals surface area (Å²) in [5.41, 5.74) is 9.87. The van der Waals surface area contributed by atoms with Gasteiger partial charge in [-0.1, -0.05) is 72.8 Å². The molecule has 37 heavy (non-hydrogen) atoms. The van der Waals surface area contributed by atoms with E-state index in [2.05, 4.69) is 102 Å². The quantitative estimate of drug-likeness (QED) is 0.235. The van der Waals surface area contributed by atoms with Gasteiger partial charge >= 0.3 is 0 Å². The summed E-state index contributed by atoms with van der Waals surface area (Å²) in [4.78, 5) is 2.71. The first-order chi connectivity index (χ1) is 18.3. The zero-order valence-electron chi connectivity index (χ0n) is 19.9. The maximum Gasteiger partial charge on any atom is 0.135 e. The SMILES string of the molecule is C1=CCC2C(=C1)c1cc(-c3ccc4oc5ccccc5c4c3)cc3c4cc(-c5ccccc5)sc4n2c13. The van der Waals surface area contributed by atoms with Crippen LogP contribution in [0, 0.1) is 0 Å². The Labute approximate surface area is 217 Å². The summed E-state index contributed by atoms with van der Waals surface area (Å²) >= 11 is 1.92. The number of aromatic nitrogens is 1. The first-order valence-electron chi connectivity index (χ1n) is 12.8. The molecule has 9 rings (SSSR count). The minimum Gasteiger partial charge on any atom is -0.456 e. The average Bonchev–Trinajstić information content (AvgIpc) is 3.69. The topological polar surface area (TPSA) is 18.1 Å². The number of thiophene rings is 1. The summed E-state index contributed by atoms with van der Waals surface area (Å²) in [7, 11) is 0. The minimum atomic E-state index is 0.373. The second-order valence-corrected chi connectivity index (χ2v) is 11.1. The van der Waals surface area contributed by atoms with E-state index in [1.54, 1.807) is 0 Å². The molecule has 0 saturated heterocycles. The molecule has 1 atom stereocenters. The van der Waals surface area contributed by atoms with E-state index >= 15 is 0 Å². The fraction of sp³-hybridized carbons (Fsp3) is 0.0588. The van der Waals surface area contributed by atoms with Crippen LogP contribution < -0.4 is 0 Å². The van der Waals surface area contributed by atoms with Crippen molar-refractivity contribution in [1.82, 2.24) is 4.57 Å². The van der Waals surface area contributed by atoms with Gasteiger partial charge in [-0.3, -0.25) is 0 Å². The number of benzene rings is 4. The van der Waals surface area contributed by atoms with E-state index in [0.717, 1.165) is 17.6 Å². The second-order valence-electron chi connectivity index (χ2n) is 10.1. The largest absolute Gasteiger partial charge is 0.456 e. The first kappa shape index (κ1) is 19.8. The Bertz CT molecular complexity index is 2120. The molecule has 4 heterocycles. The molecule has 1 aliphatic heterocycles. The highest BCUT2D eigenvalue weighted by Gasteiger charge is 2.33. The maximum atomic E-state index is 6.11. The number of furan rings is 1. The summed E-state index contributed by atoms with van der Waals surface area (Å²) in [6.45, 7) is 0. The van der Waals surface area contributed by atoms with Crippen LogP contribution in [0.2, 0.25) is 0 Å². The smallest absolute Gasteiger partial charge is 0.135 e. The molecule has 0 radical (unpaired) electrons. The van der Waals surface area contributed by atoms with Gasteiger partial charge in [0.1, 0.15) is 16.0 Å². The van der Waals surface area contributed by atoms with Gasteiger partial charge in [-0.15, -0.1) is 11.3 Å². The van der Waals surface area contributed by atoms with Crippen LogP contribution in [0.1, 0.15) is 18.0 Å². The van der Waals surface area contributed by atoms with Crippen molar-refractivity contribution in [2.24, 2.45) is 0 Å². The lowest BCUT2D eigenvalue weighted by Crippen LogP contribution is -2.04. The van der Waals surface area contributed by atoms with Crippen LogP contribution in [0.15, 0.2) is 114 Å². The molecule has 2 aliphatic rings. The monoisotopic (exact) mass is 491 g/mol. The van der Waals surface area contributed by atoms with Gasteiger partial charge in [-0.2, -0.15) is 0 Å². The molecule has 174 valence electrons. The van der Waals surface area contributed by atoms with Gasteiger partial charge in [0.05, 0.1) is 11.6 Å². The van der Waals surface area contributed by atoms with Crippen molar-refractivity contribution in [2.45, 2.75) is 12.5 Å². The predicted octanol–water partition coefficient (Wildman–Crippen LogP) is 9.99. The number of hydrogen-bond donors (Lipinski definition) is 0. The van der Waals surface area contributed by atoms with E-state index in [9.17, 15) is 0 Å². The van der Waals surface area contributed by atoms with Crippen LogP contribution in [0.25, 0.3) is 70.2 Å². The van der Waals surface area contributed by atoms with Gasteiger partial charge in [0, 0.05) is 32.0 Å². The highest BCUT2D eigenvalue weighted by Crippen LogP contribution is 2.53. The van der Waals surface area contributed by atoms with Crippen LogP contribution in [0.4, 0.5) is 0 Å². The molecular weight excluding hydrogens is 470 g/mol. The lowest BCUT2D eigenvalue weighted by Gasteiger charge is -2.17. The summed E-state index contributed by atoms with van der Waals surface area (Å²) in [5.74, 6) is 0. The summed E-state index contributed by atoms with van der Waals surface area (Å²) in [6.07, 6.45) is 7.90. The molecule has 7 aromatic rings. The van der Waals surface area contributed by atoms with Crippen molar-refractivity contribution in [1.29, 1.82) is 0 Å². The van der Waals surface area contributed by atoms with Crippen LogP contribution in [-0.4, -0.2) is 4.57 Å². The fourth-order valence-corrected chi connectivity index (χ4v) is 7.65. The first-order valence-corrected chi connectivity index (χ1v) is 13.6. The summed E-state index contributed by atoms with van der Waals surface area (Å²) < 4.78 is 8.72. The molecular formula is C34H21NOS. The summed E-state index contributed by atoms with van der Waals surface area (Å²) in [5, 5.41) is 5.06. The summed E-state index contributed by atoms with van der Waals surface area (Å²) in [6, 6.07) is 33.3. The van der Waals surface area contributed by atoms with E-state index in [-0.39, 0.29) is 0 Å². The van der Waals surface area contributed by atoms with E-state index in [1.165, 1.54) is 64.6 Å². The number of fused-ring (bicyclic) bond motifs is 9. The molecule has 0 amide bonds. The standard InChI is InChI=1S/C34H21NOS/c1-2-8-20(9-3-1)32-19-28-27-18-22(21-14-15-31-25(16-21)24-11-5-7-13-30(24)36-31)17-26-23-10-4-6-12-29(23)35(33(26)27)34(28)37-32/h1-11,13-19,29H,12H2. The molecule has 0 bridgehead atoms. The van der Waals surface area contributed by atoms with Crippen molar-refractivity contribution in [3.63, 3.8) is 0 Å². The molecule has 1 unspecified atom stereocenters. The Balaban J connectivity index is 1.33. The Kier molecular flexibility index (Phi) is 3.81. The van der Waals surface area contributed by atoms with Gasteiger partial charge in [0.25, 0.3) is 0 Å². The van der Waals surface area contributed by atoms with Gasteiger partial charge in [-0.25, -0.2) is 0 Å². The van der Waals surface area contributed by atoms with E-state index in [0.29, 0.717) is 6.04 Å². The maximum absolute atomic E-state index is 6.11. The van der Waals surface area contributed by atoms with Crippen molar-refractivity contribution in [3.8, 4) is 21.6 Å². The Morgan fingerprint density at radius 1 is 0.703 bits per heavy atom. The third-order valence-electron chi connectivity index (χ3n) is 8.09. The van der Waals surface area contributed by atoms with Crippen molar-refractivity contribution < 1.29 is 4.42 Å². The van der Waals surface area contributed by atoms with E-state index < -0.39 is 0 Å². The molecule has 4 aromatic carbocycles. The van der Waals surface area contributed by atoms with Crippen LogP contribution in [0.5, 0.6) is 0 Å². The molecule has 1 aliphatic carbocycles. The van der Waals surface area contributed by atoms with Crippen LogP contribution >= 0.6 is 11.3 Å². The van der Waals surface area contributed by atoms with E-state index in [1.807, 2.05) is 23.5 Å². The van der Waals surface area contributed by atoms with Crippen molar-refractivity contribution in [3.05, 3.63) is 115 Å². The fourth-order valence-electron chi connectivity index (χ4n) is 6.42. The number of allylic oxidation sites excluding steroid dienone is 4. The molecule has 0 spiro atoms. The molecule has 3 aromatic heterocycles. The lowest BCUT2D eigenvalue weighted by atomic mass is 9.91. The third kappa shape index (κ3) is 2.64.